The molecular weight excluding hydrogens is 358 g/mol. The van der Waals surface area contributed by atoms with Crippen LogP contribution in [0.5, 0.6) is 0 Å². The van der Waals surface area contributed by atoms with Crippen LogP contribution in [0.4, 0.5) is 0 Å². The molecule has 0 saturated carbocycles. The largest absolute Gasteiger partial charge is 0.353 e. The summed E-state index contributed by atoms with van der Waals surface area (Å²) in [5.41, 5.74) is 0. The number of nitrogens with zero attached hydrogens (tertiary/aromatic N) is 2. The molecule has 0 aliphatic carbocycles. The maximum absolute atomic E-state index is 12.5. The van der Waals surface area contributed by atoms with Crippen LogP contribution in [0.2, 0.25) is 4.34 Å². The Hall–Kier alpha value is -0.670. The van der Waals surface area contributed by atoms with Crippen molar-refractivity contribution in [3.8, 4) is 0 Å². The van der Waals surface area contributed by atoms with Crippen molar-refractivity contribution in [1.29, 1.82) is 0 Å². The number of nitrogens with one attached hydrogen (secondary N) is 1. The van der Waals surface area contributed by atoms with E-state index in [1.54, 1.807) is 6.07 Å². The zero-order valence-corrected chi connectivity index (χ0v) is 15.8. The third-order valence-electron chi connectivity index (χ3n) is 3.77. The number of thiophene rings is 1. The first-order valence-corrected chi connectivity index (χ1v) is 10.1. The van der Waals surface area contributed by atoms with Gasteiger partial charge in [0.15, 0.2) is 0 Å². The molecule has 1 amide bonds. The molecule has 6 nitrogen and oxygen atoms in total. The lowest BCUT2D eigenvalue weighted by molar-refractivity contribution is -0.126. The van der Waals surface area contributed by atoms with Crippen molar-refractivity contribution in [3.63, 3.8) is 0 Å². The molecule has 0 bridgehead atoms. The number of amides is 1. The second-order valence-electron chi connectivity index (χ2n) is 5.84. The number of carbonyl (C=O) groups excluding carboxylic acids is 1. The van der Waals surface area contributed by atoms with E-state index in [0.29, 0.717) is 30.5 Å². The molecule has 1 aromatic rings. The maximum atomic E-state index is 12.5. The molecule has 0 radical (unpaired) electrons. The Morgan fingerprint density at radius 3 is 2.30 bits per heavy atom. The Kier molecular flexibility index (Phi) is 6.07. The highest BCUT2D eigenvalue weighted by molar-refractivity contribution is 7.91. The fourth-order valence-corrected chi connectivity index (χ4v) is 5.53. The summed E-state index contributed by atoms with van der Waals surface area (Å²) in [7, 11) is -3.49. The topological polar surface area (TPSA) is 69.7 Å². The van der Waals surface area contributed by atoms with Gasteiger partial charge in [-0.25, -0.2) is 8.42 Å². The number of sulfonamides is 1. The molecule has 1 fully saturated rings. The lowest BCUT2D eigenvalue weighted by Gasteiger charge is -2.36. The van der Waals surface area contributed by atoms with Crippen LogP contribution in [0.15, 0.2) is 16.3 Å². The number of hydrogen-bond donors (Lipinski definition) is 1. The second kappa shape index (κ2) is 7.48. The van der Waals surface area contributed by atoms with Gasteiger partial charge in [-0.2, -0.15) is 4.31 Å². The van der Waals surface area contributed by atoms with Crippen LogP contribution >= 0.6 is 22.9 Å². The van der Waals surface area contributed by atoms with Crippen molar-refractivity contribution >= 4 is 38.9 Å². The molecule has 1 saturated heterocycles. The quantitative estimate of drug-likeness (QED) is 0.844. The van der Waals surface area contributed by atoms with Crippen LogP contribution < -0.4 is 5.32 Å². The fourth-order valence-electron chi connectivity index (χ4n) is 2.47. The summed E-state index contributed by atoms with van der Waals surface area (Å²) in [6.07, 6.45) is 0. The average Bonchev–Trinajstić information content (AvgIpc) is 2.93. The fraction of sp³-hybridized carbons (Fsp3) is 0.643. The second-order valence-corrected chi connectivity index (χ2v) is 9.72. The number of carbonyl (C=O) groups is 1. The highest BCUT2D eigenvalue weighted by atomic mass is 35.5. The third kappa shape index (κ3) is 4.45. The number of piperazine rings is 1. The van der Waals surface area contributed by atoms with E-state index < -0.39 is 10.0 Å². The van der Waals surface area contributed by atoms with Gasteiger partial charge in [-0.1, -0.05) is 11.6 Å². The van der Waals surface area contributed by atoms with Crippen LogP contribution in [0.1, 0.15) is 20.8 Å². The van der Waals surface area contributed by atoms with Crippen molar-refractivity contribution < 1.29 is 13.2 Å². The lowest BCUT2D eigenvalue weighted by Crippen LogP contribution is -2.55. The monoisotopic (exact) mass is 379 g/mol. The van der Waals surface area contributed by atoms with Gasteiger partial charge < -0.3 is 5.32 Å². The first-order chi connectivity index (χ1) is 10.7. The van der Waals surface area contributed by atoms with Crippen LogP contribution in [-0.2, 0) is 14.8 Å². The molecule has 1 aliphatic heterocycles. The van der Waals surface area contributed by atoms with Gasteiger partial charge in [0.2, 0.25) is 5.91 Å². The van der Waals surface area contributed by atoms with E-state index in [1.165, 1.54) is 10.4 Å². The summed E-state index contributed by atoms with van der Waals surface area (Å²) in [5.74, 6) is -0.0265. The van der Waals surface area contributed by atoms with E-state index >= 15 is 0 Å². The van der Waals surface area contributed by atoms with E-state index in [2.05, 4.69) is 5.32 Å². The summed E-state index contributed by atoms with van der Waals surface area (Å²) < 4.78 is 27.3. The molecule has 23 heavy (non-hydrogen) atoms. The van der Waals surface area contributed by atoms with Crippen LogP contribution in [-0.4, -0.2) is 61.8 Å². The molecule has 2 heterocycles. The normalized spacial score (nSPS) is 19.0. The summed E-state index contributed by atoms with van der Waals surface area (Å²) >= 11 is 6.89. The van der Waals surface area contributed by atoms with E-state index in [1.807, 2.05) is 25.7 Å². The predicted molar refractivity (Wildman–Crippen MR) is 92.4 cm³/mol. The van der Waals surface area contributed by atoms with Crippen molar-refractivity contribution in [2.75, 3.05) is 26.2 Å². The molecule has 0 spiro atoms. The van der Waals surface area contributed by atoms with E-state index in [4.69, 9.17) is 11.6 Å². The first-order valence-electron chi connectivity index (χ1n) is 7.51. The van der Waals surface area contributed by atoms with E-state index in [9.17, 15) is 13.2 Å². The minimum atomic E-state index is -3.49. The average molecular weight is 380 g/mol. The van der Waals surface area contributed by atoms with Crippen molar-refractivity contribution in [1.82, 2.24) is 14.5 Å². The van der Waals surface area contributed by atoms with Crippen molar-refractivity contribution in [3.05, 3.63) is 16.5 Å². The minimum Gasteiger partial charge on any atom is -0.353 e. The van der Waals surface area contributed by atoms with Crippen LogP contribution in [0, 0.1) is 0 Å². The third-order valence-corrected chi connectivity index (χ3v) is 7.37. The van der Waals surface area contributed by atoms with Gasteiger partial charge in [-0.3, -0.25) is 9.69 Å². The minimum absolute atomic E-state index is 0.0265. The summed E-state index contributed by atoms with van der Waals surface area (Å²) in [4.78, 5) is 14.1. The van der Waals surface area contributed by atoms with Gasteiger partial charge in [-0.05, 0) is 32.9 Å². The number of rotatable bonds is 5. The SMILES string of the molecule is CC(C)NC(=O)C(C)N1CCN(S(=O)(=O)c2ccc(Cl)s2)CC1. The first kappa shape index (κ1) is 18.7. The van der Waals surface area contributed by atoms with Crippen LogP contribution in [0.25, 0.3) is 0 Å². The molecule has 1 aliphatic rings. The van der Waals surface area contributed by atoms with Crippen molar-refractivity contribution in [2.45, 2.75) is 37.1 Å². The van der Waals surface area contributed by atoms with Crippen molar-refractivity contribution in [2.24, 2.45) is 0 Å². The molecular formula is C14H22ClN3O3S2. The zero-order chi connectivity index (χ0) is 17.2. The Bertz CT molecular complexity index is 652. The zero-order valence-electron chi connectivity index (χ0n) is 13.5. The van der Waals surface area contributed by atoms with E-state index in [0.717, 1.165) is 11.3 Å². The summed E-state index contributed by atoms with van der Waals surface area (Å²) in [6, 6.07) is 2.95. The Labute approximate surface area is 146 Å². The molecule has 0 aromatic carbocycles. The molecule has 1 unspecified atom stereocenters. The van der Waals surface area contributed by atoms with Gasteiger partial charge in [0.25, 0.3) is 10.0 Å². The molecule has 1 atom stereocenters. The summed E-state index contributed by atoms with van der Waals surface area (Å²) in [6.45, 7) is 7.49. The predicted octanol–water partition coefficient (Wildman–Crippen LogP) is 1.62. The molecule has 130 valence electrons. The lowest BCUT2D eigenvalue weighted by atomic mass is 10.2. The van der Waals surface area contributed by atoms with Gasteiger partial charge in [-0.15, -0.1) is 11.3 Å². The molecule has 9 heteroatoms. The summed E-state index contributed by atoms with van der Waals surface area (Å²) in [5, 5.41) is 2.88. The highest BCUT2D eigenvalue weighted by Crippen LogP contribution is 2.28. The molecule has 1 N–H and O–H groups in total. The van der Waals surface area contributed by atoms with E-state index in [-0.39, 0.29) is 22.2 Å². The number of halogens is 1. The Morgan fingerprint density at radius 2 is 1.83 bits per heavy atom. The van der Waals surface area contributed by atoms with Gasteiger partial charge in [0, 0.05) is 32.2 Å². The van der Waals surface area contributed by atoms with Gasteiger partial charge >= 0.3 is 0 Å². The van der Waals surface area contributed by atoms with Crippen LogP contribution in [0.3, 0.4) is 0 Å². The Morgan fingerprint density at radius 1 is 1.22 bits per heavy atom. The number of hydrogen-bond acceptors (Lipinski definition) is 5. The molecule has 1 aromatic heterocycles. The highest BCUT2D eigenvalue weighted by Gasteiger charge is 2.32. The standard InChI is InChI=1S/C14H22ClN3O3S2/c1-10(2)16-14(19)11(3)17-6-8-18(9-7-17)23(20,21)13-5-4-12(15)22-13/h4-5,10-11H,6-9H2,1-3H3,(H,16,19). The molecule has 2 rings (SSSR count). The maximum Gasteiger partial charge on any atom is 0.252 e. The van der Waals surface area contributed by atoms with Gasteiger partial charge in [0.1, 0.15) is 4.21 Å². The Balaban J connectivity index is 1.97. The smallest absolute Gasteiger partial charge is 0.252 e. The van der Waals surface area contributed by atoms with Gasteiger partial charge in [0.05, 0.1) is 10.4 Å².